The molecule has 0 saturated heterocycles. The van der Waals surface area contributed by atoms with E-state index >= 15 is 0 Å². The number of nitrogens with zero attached hydrogens (tertiary/aromatic N) is 2. The summed E-state index contributed by atoms with van der Waals surface area (Å²) in [5.41, 5.74) is 1.26. The molecule has 0 radical (unpaired) electrons. The maximum absolute atomic E-state index is 12.4. The average molecular weight is 286 g/mol. The van der Waals surface area contributed by atoms with Crippen LogP contribution in [0.2, 0.25) is 0 Å². The van der Waals surface area contributed by atoms with Gasteiger partial charge in [-0.3, -0.25) is 0 Å². The highest BCUT2D eigenvalue weighted by Gasteiger charge is 2.23. The fourth-order valence-corrected chi connectivity index (χ4v) is 3.71. The van der Waals surface area contributed by atoms with Crippen LogP contribution in [-0.2, 0) is 9.84 Å². The van der Waals surface area contributed by atoms with Gasteiger partial charge in [-0.05, 0) is 18.1 Å². The summed E-state index contributed by atoms with van der Waals surface area (Å²) in [6.45, 7) is 1.79. The topological polar surface area (TPSA) is 70.8 Å². The number of sulfone groups is 1. The normalized spacial score (nSPS) is 11.0. The minimum Gasteiger partial charge on any atom is -0.244 e. The number of hydrogen-bond donors (Lipinski definition) is 0. The Balaban J connectivity index is 2.75. The first-order chi connectivity index (χ1) is 9.60. The van der Waals surface area contributed by atoms with Crippen molar-refractivity contribution in [3.05, 3.63) is 48.3 Å². The summed E-state index contributed by atoms with van der Waals surface area (Å²) in [7, 11) is -3.52. The molecule has 0 atom stereocenters. The first-order valence-corrected chi connectivity index (χ1v) is 7.92. The minimum atomic E-state index is -3.52. The summed E-state index contributed by atoms with van der Waals surface area (Å²) in [5, 5.41) is 9.14. The van der Waals surface area contributed by atoms with Gasteiger partial charge in [0.25, 0.3) is 0 Å². The Morgan fingerprint density at radius 1 is 1.20 bits per heavy atom. The van der Waals surface area contributed by atoms with Crippen molar-refractivity contribution in [1.82, 2.24) is 4.98 Å². The van der Waals surface area contributed by atoms with Crippen molar-refractivity contribution in [2.45, 2.75) is 18.2 Å². The highest BCUT2D eigenvalue weighted by molar-refractivity contribution is 7.91. The quantitative estimate of drug-likeness (QED) is 0.866. The van der Waals surface area contributed by atoms with Crippen molar-refractivity contribution in [3.8, 4) is 17.2 Å². The molecule has 0 saturated carbocycles. The Morgan fingerprint density at radius 3 is 2.50 bits per heavy atom. The van der Waals surface area contributed by atoms with Gasteiger partial charge in [-0.1, -0.05) is 37.3 Å². The number of aromatic nitrogens is 1. The monoisotopic (exact) mass is 286 g/mol. The standard InChI is InChI=1S/C15H14N2O2S/c1-2-10-20(18,19)15-13(8-9-17-14(15)11-16)12-6-4-3-5-7-12/h3-9H,2,10H2,1H3. The molecule has 1 aromatic carbocycles. The lowest BCUT2D eigenvalue weighted by atomic mass is 10.1. The van der Waals surface area contributed by atoms with Gasteiger partial charge < -0.3 is 0 Å². The summed E-state index contributed by atoms with van der Waals surface area (Å²) in [6.07, 6.45) is 1.96. The van der Waals surface area contributed by atoms with Gasteiger partial charge >= 0.3 is 0 Å². The molecule has 0 amide bonds. The third-order valence-electron chi connectivity index (χ3n) is 2.88. The third-order valence-corrected chi connectivity index (χ3v) is 4.86. The van der Waals surface area contributed by atoms with Crippen LogP contribution >= 0.6 is 0 Å². The van der Waals surface area contributed by atoms with E-state index in [0.717, 1.165) is 5.56 Å². The molecule has 2 rings (SSSR count). The molecule has 2 aromatic rings. The van der Waals surface area contributed by atoms with Gasteiger partial charge in [0.2, 0.25) is 0 Å². The summed E-state index contributed by atoms with van der Waals surface area (Å²) < 4.78 is 24.8. The van der Waals surface area contributed by atoms with E-state index in [1.54, 1.807) is 13.0 Å². The third kappa shape index (κ3) is 2.70. The van der Waals surface area contributed by atoms with Gasteiger partial charge in [0, 0.05) is 11.8 Å². The van der Waals surface area contributed by atoms with Crippen molar-refractivity contribution in [1.29, 1.82) is 5.26 Å². The Kier molecular flexibility index (Phi) is 4.16. The lowest BCUT2D eigenvalue weighted by molar-refractivity contribution is 0.594. The summed E-state index contributed by atoms with van der Waals surface area (Å²) >= 11 is 0. The highest BCUT2D eigenvalue weighted by atomic mass is 32.2. The number of benzene rings is 1. The van der Waals surface area contributed by atoms with Crippen molar-refractivity contribution in [3.63, 3.8) is 0 Å². The molecule has 0 N–H and O–H groups in total. The summed E-state index contributed by atoms with van der Waals surface area (Å²) in [4.78, 5) is 3.93. The average Bonchev–Trinajstić information content (AvgIpc) is 2.47. The van der Waals surface area contributed by atoms with E-state index in [0.29, 0.717) is 12.0 Å². The Hall–Kier alpha value is -2.19. The van der Waals surface area contributed by atoms with E-state index in [9.17, 15) is 8.42 Å². The van der Waals surface area contributed by atoms with Gasteiger partial charge in [0.15, 0.2) is 15.5 Å². The van der Waals surface area contributed by atoms with Crippen LogP contribution < -0.4 is 0 Å². The Morgan fingerprint density at radius 2 is 1.90 bits per heavy atom. The molecule has 0 aliphatic carbocycles. The first-order valence-electron chi connectivity index (χ1n) is 6.27. The molecule has 20 heavy (non-hydrogen) atoms. The van der Waals surface area contributed by atoms with Gasteiger partial charge in [-0.2, -0.15) is 5.26 Å². The molecule has 1 aromatic heterocycles. The fourth-order valence-electron chi connectivity index (χ4n) is 2.06. The maximum atomic E-state index is 12.4. The molecule has 0 bridgehead atoms. The highest BCUT2D eigenvalue weighted by Crippen LogP contribution is 2.29. The lowest BCUT2D eigenvalue weighted by Crippen LogP contribution is -2.11. The maximum Gasteiger partial charge on any atom is 0.181 e. The SMILES string of the molecule is CCCS(=O)(=O)c1c(-c2ccccc2)ccnc1C#N. The van der Waals surface area contributed by atoms with E-state index in [1.807, 2.05) is 36.4 Å². The lowest BCUT2D eigenvalue weighted by Gasteiger charge is -2.11. The zero-order valence-corrected chi connectivity index (χ0v) is 11.9. The molecule has 1 heterocycles. The smallest absolute Gasteiger partial charge is 0.181 e. The van der Waals surface area contributed by atoms with Crippen LogP contribution in [0.25, 0.3) is 11.1 Å². The largest absolute Gasteiger partial charge is 0.244 e. The molecule has 0 fully saturated rings. The minimum absolute atomic E-state index is 0.00715. The number of pyridine rings is 1. The van der Waals surface area contributed by atoms with Crippen LogP contribution in [0.3, 0.4) is 0 Å². The summed E-state index contributed by atoms with van der Waals surface area (Å²) in [5.74, 6) is 0.00715. The number of hydrogen-bond acceptors (Lipinski definition) is 4. The molecule has 4 nitrogen and oxygen atoms in total. The van der Waals surface area contributed by atoms with Crippen LogP contribution in [0.1, 0.15) is 19.0 Å². The van der Waals surface area contributed by atoms with E-state index in [2.05, 4.69) is 4.98 Å². The second-order valence-electron chi connectivity index (χ2n) is 4.33. The number of nitriles is 1. The molecule has 0 aliphatic heterocycles. The van der Waals surface area contributed by atoms with Crippen LogP contribution in [0, 0.1) is 11.3 Å². The molecule has 0 aliphatic rings. The zero-order valence-electron chi connectivity index (χ0n) is 11.1. The van der Waals surface area contributed by atoms with Gasteiger partial charge in [0.05, 0.1) is 5.75 Å². The van der Waals surface area contributed by atoms with Crippen molar-refractivity contribution in [2.24, 2.45) is 0 Å². The molecule has 5 heteroatoms. The second-order valence-corrected chi connectivity index (χ2v) is 6.38. The Labute approximate surface area is 118 Å². The zero-order chi connectivity index (χ0) is 14.6. The van der Waals surface area contributed by atoms with Crippen molar-refractivity contribution in [2.75, 3.05) is 5.75 Å². The van der Waals surface area contributed by atoms with Gasteiger partial charge in [0.1, 0.15) is 11.0 Å². The first kappa shape index (κ1) is 14.2. The number of rotatable bonds is 4. The van der Waals surface area contributed by atoms with Crippen molar-refractivity contribution >= 4 is 9.84 Å². The predicted molar refractivity (Wildman–Crippen MR) is 76.7 cm³/mol. The van der Waals surface area contributed by atoms with E-state index in [-0.39, 0.29) is 16.3 Å². The second kappa shape index (κ2) is 5.85. The molecule has 0 spiro atoms. The predicted octanol–water partition coefficient (Wildman–Crippen LogP) is 2.80. The van der Waals surface area contributed by atoms with Gasteiger partial charge in [-0.25, -0.2) is 13.4 Å². The molecular weight excluding hydrogens is 272 g/mol. The van der Waals surface area contributed by atoms with E-state index < -0.39 is 9.84 Å². The van der Waals surface area contributed by atoms with E-state index in [1.165, 1.54) is 6.20 Å². The van der Waals surface area contributed by atoms with Crippen molar-refractivity contribution < 1.29 is 8.42 Å². The summed E-state index contributed by atoms with van der Waals surface area (Å²) in [6, 6.07) is 12.7. The van der Waals surface area contributed by atoms with Crippen LogP contribution in [0.15, 0.2) is 47.5 Å². The molecule has 102 valence electrons. The Bertz CT molecular complexity index is 747. The van der Waals surface area contributed by atoms with Crippen LogP contribution in [0.5, 0.6) is 0 Å². The van der Waals surface area contributed by atoms with Crippen LogP contribution in [-0.4, -0.2) is 19.2 Å². The van der Waals surface area contributed by atoms with E-state index in [4.69, 9.17) is 5.26 Å². The van der Waals surface area contributed by atoms with Gasteiger partial charge in [-0.15, -0.1) is 0 Å². The molecular formula is C15H14N2O2S. The van der Waals surface area contributed by atoms with Crippen LogP contribution in [0.4, 0.5) is 0 Å². The molecule has 0 unspecified atom stereocenters. The fraction of sp³-hybridized carbons (Fsp3) is 0.200.